The molecule has 0 spiro atoms. The Morgan fingerprint density at radius 3 is 1.49 bits per heavy atom. The molecule has 6 aromatic rings. The number of nitrogens with zero attached hydrogens (tertiary/aromatic N) is 1. The van der Waals surface area contributed by atoms with Crippen LogP contribution in [0.4, 0.5) is 8.78 Å². The summed E-state index contributed by atoms with van der Waals surface area (Å²) in [6.45, 7) is 5.45. The first kappa shape index (κ1) is 63.8. The van der Waals surface area contributed by atoms with E-state index in [-0.39, 0.29) is 101 Å². The van der Waals surface area contributed by atoms with Gasteiger partial charge >= 0.3 is 11.9 Å². The van der Waals surface area contributed by atoms with Crippen LogP contribution in [-0.4, -0.2) is 97.1 Å². The molecule has 6 aromatic carbocycles. The van der Waals surface area contributed by atoms with E-state index in [4.69, 9.17) is 61.4 Å². The highest BCUT2D eigenvalue weighted by molar-refractivity contribution is 7.95. The predicted octanol–water partition coefficient (Wildman–Crippen LogP) is 7.41. The van der Waals surface area contributed by atoms with Crippen molar-refractivity contribution >= 4 is 62.6 Å². The van der Waals surface area contributed by atoms with Crippen LogP contribution in [0.5, 0.6) is 11.5 Å². The summed E-state index contributed by atoms with van der Waals surface area (Å²) in [5.41, 5.74) is 3.07. The highest BCUT2D eigenvalue weighted by Crippen LogP contribution is 2.50. The van der Waals surface area contributed by atoms with Crippen molar-refractivity contribution in [2.75, 3.05) is 53.6 Å². The molecule has 3 atom stereocenters. The fourth-order valence-corrected chi connectivity index (χ4v) is 14.4. The molecule has 3 unspecified atom stereocenters. The van der Waals surface area contributed by atoms with E-state index in [1.54, 1.807) is 50.2 Å². The maximum atomic E-state index is 15.4. The first-order valence-electron chi connectivity index (χ1n) is 26.3. The number of nitrogens with one attached hydrogen (secondary N) is 3. The highest BCUT2D eigenvalue weighted by Gasteiger charge is 2.47. The lowest BCUT2D eigenvalue weighted by atomic mass is 9.86. The Hall–Kier alpha value is -7.21. The molecular weight excluding hydrogens is 1200 g/mol. The van der Waals surface area contributed by atoms with Gasteiger partial charge in [0.2, 0.25) is 19.7 Å². The van der Waals surface area contributed by atoms with Gasteiger partial charge in [0.05, 0.1) is 51.2 Å². The van der Waals surface area contributed by atoms with Crippen molar-refractivity contribution in [3.8, 4) is 11.5 Å². The van der Waals surface area contributed by atoms with E-state index >= 15 is 8.78 Å². The van der Waals surface area contributed by atoms with Gasteiger partial charge in [-0.15, -0.1) is 0 Å². The summed E-state index contributed by atoms with van der Waals surface area (Å²) in [6.07, 6.45) is 0. The molecule has 85 heavy (non-hydrogen) atoms. The van der Waals surface area contributed by atoms with Crippen molar-refractivity contribution in [1.29, 1.82) is 0 Å². The Bertz CT molecular complexity index is 3630. The van der Waals surface area contributed by atoms with Crippen molar-refractivity contribution in [2.24, 2.45) is 0 Å². The number of phosphoric acid groups is 1. The third-order valence-corrected chi connectivity index (χ3v) is 18.5. The zero-order valence-corrected chi connectivity index (χ0v) is 50.2. The summed E-state index contributed by atoms with van der Waals surface area (Å²) in [5.74, 6) is -5.33. The maximum absolute atomic E-state index is 15.4. The molecule has 4 aliphatic heterocycles. The number of dihydropyridines is 2. The molecule has 0 fully saturated rings. The summed E-state index contributed by atoms with van der Waals surface area (Å²) in [4.78, 5) is 52.8. The number of para-hydroxylation sites is 2. The second-order valence-electron chi connectivity index (χ2n) is 20.0. The molecule has 18 nitrogen and oxygen atoms in total. The number of carbonyl (C=O) groups is 2. The number of esters is 2. The van der Waals surface area contributed by atoms with Gasteiger partial charge in [0, 0.05) is 51.2 Å². The number of fused-ring (bicyclic) bond motifs is 2. The molecule has 4 aliphatic rings. The zero-order valence-electron chi connectivity index (χ0n) is 46.2. The molecule has 448 valence electrons. The average Bonchev–Trinajstić information content (AvgIpc) is 1.82. The molecular formula is C60H59Cl2F2N4O14PS2. The van der Waals surface area contributed by atoms with Crippen LogP contribution in [0.15, 0.2) is 199 Å². The number of allylic oxidation sites excluding steroid dienone is 4. The molecule has 25 heteroatoms. The third-order valence-electron chi connectivity index (χ3n) is 13.9. The smallest absolute Gasteiger partial charge is 0.336 e. The van der Waals surface area contributed by atoms with Crippen LogP contribution in [0.3, 0.4) is 0 Å². The minimum atomic E-state index is -4.89. The number of hydrogen-bond donors (Lipinski definition) is 5. The Morgan fingerprint density at radius 1 is 0.659 bits per heavy atom. The summed E-state index contributed by atoms with van der Waals surface area (Å²) in [6, 6.07) is 40.4. The van der Waals surface area contributed by atoms with E-state index in [1.165, 1.54) is 48.5 Å². The van der Waals surface area contributed by atoms with Gasteiger partial charge in [0.25, 0.3) is 7.82 Å². The van der Waals surface area contributed by atoms with Crippen molar-refractivity contribution in [1.82, 2.24) is 15.5 Å². The Labute approximate surface area is 500 Å². The van der Waals surface area contributed by atoms with Crippen molar-refractivity contribution in [3.05, 3.63) is 233 Å². The third kappa shape index (κ3) is 15.1. The van der Waals surface area contributed by atoms with Crippen LogP contribution in [0.2, 0.25) is 10.0 Å². The van der Waals surface area contributed by atoms with E-state index in [9.17, 15) is 26.4 Å². The second-order valence-corrected chi connectivity index (χ2v) is 25.6. The summed E-state index contributed by atoms with van der Waals surface area (Å²) < 4.78 is 119. The van der Waals surface area contributed by atoms with Crippen molar-refractivity contribution < 1.29 is 78.3 Å². The van der Waals surface area contributed by atoms with Crippen molar-refractivity contribution in [2.45, 2.75) is 48.6 Å². The molecule has 0 saturated carbocycles. The maximum Gasteiger partial charge on any atom is 0.336 e. The van der Waals surface area contributed by atoms with E-state index in [2.05, 4.69) is 10.6 Å². The molecule has 0 aromatic heterocycles. The quantitative estimate of drug-likeness (QED) is 0.0526. The number of hydrogen-bond acceptors (Lipinski definition) is 15. The van der Waals surface area contributed by atoms with E-state index < -0.39 is 62.9 Å². The van der Waals surface area contributed by atoms with Gasteiger partial charge in [-0.2, -0.15) is 0 Å². The van der Waals surface area contributed by atoms with Gasteiger partial charge in [-0.1, -0.05) is 120 Å². The molecule has 0 bridgehead atoms. The Morgan fingerprint density at radius 2 is 1.06 bits per heavy atom. The monoisotopic (exact) mass is 1260 g/mol. The van der Waals surface area contributed by atoms with Gasteiger partial charge in [-0.05, 0) is 75.0 Å². The standard InChI is InChI=1S/2C30H28ClFN2O5S.H3O4P/c2*1-19-26(30(35)38-16-15-34(2)17-20-9-4-3-5-10-20)28(27-21(31)11-8-12-22(27)32)29-23(33-19)18-39-24-13-6-7-14-25(24)40(29,36)37;1-5(2,3)4/h2*3-14,28,33H,15-18H2,1-2H3;(H3,1,2,3,4). The number of carbonyl (C=O) groups excluding carboxylic acids is 2. The van der Waals surface area contributed by atoms with Gasteiger partial charge < -0.3 is 49.2 Å². The molecule has 0 saturated heterocycles. The molecule has 0 amide bonds. The Kier molecular flexibility index (Phi) is 20.6. The van der Waals surface area contributed by atoms with Crippen LogP contribution in [0, 0.1) is 11.6 Å². The van der Waals surface area contributed by atoms with Crippen molar-refractivity contribution in [3.63, 3.8) is 0 Å². The van der Waals surface area contributed by atoms with Gasteiger partial charge in [0.1, 0.15) is 72.4 Å². The van der Waals surface area contributed by atoms with E-state index in [0.29, 0.717) is 31.0 Å². The van der Waals surface area contributed by atoms with Crippen LogP contribution in [0.25, 0.3) is 0 Å². The highest BCUT2D eigenvalue weighted by atomic mass is 35.5. The van der Waals surface area contributed by atoms with E-state index in [0.717, 1.165) is 22.6 Å². The van der Waals surface area contributed by atoms with Crippen LogP contribution in [0.1, 0.15) is 47.9 Å². The molecule has 10 rings (SSSR count). The topological polar surface area (TPSA) is 252 Å². The zero-order chi connectivity index (χ0) is 61.4. The average molecular weight is 1260 g/mol. The van der Waals surface area contributed by atoms with E-state index in [1.807, 2.05) is 79.7 Å². The number of sulfone groups is 2. The van der Waals surface area contributed by atoms with Gasteiger partial charge in [0.15, 0.2) is 0 Å². The van der Waals surface area contributed by atoms with Crippen LogP contribution < -0.4 is 29.9 Å². The van der Waals surface area contributed by atoms with Gasteiger partial charge in [-0.3, -0.25) is 9.46 Å². The first-order chi connectivity index (χ1) is 40.4. The number of halogens is 4. The fourth-order valence-electron chi connectivity index (χ4n) is 10.2. The predicted molar refractivity (Wildman–Crippen MR) is 311 cm³/mol. The minimum absolute atomic E-state index is 0.00228. The van der Waals surface area contributed by atoms with Gasteiger partial charge in [-0.25, -0.2) is 35.2 Å². The summed E-state index contributed by atoms with van der Waals surface area (Å²) in [5, 5.41) is 6.05. The summed E-state index contributed by atoms with van der Waals surface area (Å²) in [7, 11) is -9.50. The largest absolute Gasteiger partial charge is 0.756 e. The molecule has 4 heterocycles. The lowest BCUT2D eigenvalue weighted by Crippen LogP contribution is -3.08. The summed E-state index contributed by atoms with van der Waals surface area (Å²) >= 11 is 13.0. The Balaban J connectivity index is 0.000000205. The minimum Gasteiger partial charge on any atom is -0.756 e. The molecule has 5 N–H and O–H groups in total. The number of likely N-dealkylation sites (N-methyl/N-ethyl adjacent to an activating group) is 2. The van der Waals surface area contributed by atoms with Crippen LogP contribution in [-0.2, 0) is 56.4 Å². The lowest BCUT2D eigenvalue weighted by molar-refractivity contribution is -0.893. The second kappa shape index (κ2) is 27.4. The lowest BCUT2D eigenvalue weighted by Gasteiger charge is -2.31. The number of rotatable bonds is 14. The number of ether oxygens (including phenoxy) is 4. The molecule has 0 radical (unpaired) electrons. The normalized spacial score (nSPS) is 17.8. The number of quaternary nitrogens is 1. The first-order valence-corrected chi connectivity index (χ1v) is 31.5. The SMILES string of the molecule is CC1=C(C(=O)OCCN(C)Cc2ccccc2)C(c2c(F)cccc2Cl)C2=C(COc3ccccc3S2(=O)=O)N1.CC1=C(C(=O)OCC[NH+](C)Cc2ccccc2)C(c2c(F)cccc2Cl)C2=C(COc3ccccc3S2(=O)=O)N1.O=P([O-])(O)O. The molecule has 0 aliphatic carbocycles. The number of benzene rings is 6. The van der Waals surface area contributed by atoms with Crippen LogP contribution >= 0.6 is 31.0 Å². The fraction of sp³-hybridized carbons (Fsp3) is 0.233.